The van der Waals surface area contributed by atoms with Gasteiger partial charge in [-0.1, -0.05) is 12.7 Å². The van der Waals surface area contributed by atoms with Crippen LogP contribution in [0.25, 0.3) is 0 Å². The molecule has 9 heavy (non-hydrogen) atoms. The third-order valence-corrected chi connectivity index (χ3v) is 1.09. The van der Waals surface area contributed by atoms with Crippen LogP contribution in [0.3, 0.4) is 0 Å². The second kappa shape index (κ2) is 2.13. The largest absolute Gasteiger partial charge is 0.238 e. The van der Waals surface area contributed by atoms with Gasteiger partial charge in [-0.25, -0.2) is 8.78 Å². The van der Waals surface area contributed by atoms with Crippen LogP contribution in [0.2, 0.25) is 0 Å². The Hall–Kier alpha value is -0.920. The van der Waals surface area contributed by atoms with Gasteiger partial charge < -0.3 is 0 Å². The summed E-state index contributed by atoms with van der Waals surface area (Å²) < 4.78 is 24.5. The minimum absolute atomic E-state index is 0.240. The number of allylic oxidation sites excluding steroid dienone is 5. The normalized spacial score (nSPS) is 26.2. The topological polar surface area (TPSA) is 0 Å². The van der Waals surface area contributed by atoms with Gasteiger partial charge in [-0.2, -0.15) is 0 Å². The highest BCUT2D eigenvalue weighted by Gasteiger charge is 2.07. The molecule has 2 heteroatoms. The van der Waals surface area contributed by atoms with E-state index >= 15 is 0 Å². The molecule has 1 rings (SSSR count). The van der Waals surface area contributed by atoms with E-state index in [0.717, 1.165) is 6.08 Å². The van der Waals surface area contributed by atoms with Crippen LogP contribution < -0.4 is 0 Å². The van der Waals surface area contributed by atoms with Gasteiger partial charge in [0.2, 0.25) is 0 Å². The molecular formula is C7H6F2. The molecule has 0 bridgehead atoms. The van der Waals surface area contributed by atoms with Crippen molar-refractivity contribution in [2.75, 3.05) is 0 Å². The van der Waals surface area contributed by atoms with Crippen molar-refractivity contribution < 1.29 is 8.78 Å². The molecule has 1 aliphatic rings. The van der Waals surface area contributed by atoms with Gasteiger partial charge >= 0.3 is 0 Å². The summed E-state index contributed by atoms with van der Waals surface area (Å²) in [4.78, 5) is 0. The predicted molar refractivity (Wildman–Crippen MR) is 32.4 cm³/mol. The van der Waals surface area contributed by atoms with Crippen LogP contribution in [-0.4, -0.2) is 6.17 Å². The smallest absolute Gasteiger partial charge is 0.140 e. The van der Waals surface area contributed by atoms with Crippen LogP contribution >= 0.6 is 0 Å². The summed E-state index contributed by atoms with van der Waals surface area (Å²) in [6, 6.07) is 0. The summed E-state index contributed by atoms with van der Waals surface area (Å²) in [7, 11) is 0. The number of rotatable bonds is 0. The monoisotopic (exact) mass is 128 g/mol. The quantitative estimate of drug-likeness (QED) is 0.469. The second-order valence-electron chi connectivity index (χ2n) is 1.84. The molecule has 0 spiro atoms. The van der Waals surface area contributed by atoms with Crippen molar-refractivity contribution >= 4 is 0 Å². The fraction of sp³-hybridized carbons (Fsp3) is 0.143. The van der Waals surface area contributed by atoms with Gasteiger partial charge in [0, 0.05) is 5.57 Å². The van der Waals surface area contributed by atoms with Gasteiger partial charge in [0.05, 0.1) is 0 Å². The Morgan fingerprint density at radius 2 is 2.22 bits per heavy atom. The Morgan fingerprint density at radius 3 is 2.67 bits per heavy atom. The lowest BCUT2D eigenvalue weighted by atomic mass is 10.1. The molecule has 1 unspecified atom stereocenters. The third-order valence-electron chi connectivity index (χ3n) is 1.09. The van der Waals surface area contributed by atoms with Crippen LogP contribution in [0, 0.1) is 0 Å². The fourth-order valence-corrected chi connectivity index (χ4v) is 0.590. The Morgan fingerprint density at radius 1 is 1.56 bits per heavy atom. The number of alkyl halides is 1. The van der Waals surface area contributed by atoms with E-state index in [4.69, 9.17) is 0 Å². The zero-order valence-corrected chi connectivity index (χ0v) is 4.77. The van der Waals surface area contributed by atoms with Gasteiger partial charge in [0.15, 0.2) is 0 Å². The van der Waals surface area contributed by atoms with E-state index in [0.29, 0.717) is 0 Å². The average molecular weight is 128 g/mol. The minimum Gasteiger partial charge on any atom is -0.238 e. The Balaban J connectivity index is 2.82. The lowest BCUT2D eigenvalue weighted by Gasteiger charge is -2.03. The highest BCUT2D eigenvalue weighted by Crippen LogP contribution is 2.18. The number of hydrogen-bond acceptors (Lipinski definition) is 0. The lowest BCUT2D eigenvalue weighted by molar-refractivity contribution is 0.455. The molecule has 0 aromatic heterocycles. The van der Waals surface area contributed by atoms with Crippen molar-refractivity contribution in [3.63, 3.8) is 0 Å². The van der Waals surface area contributed by atoms with Crippen molar-refractivity contribution in [2.45, 2.75) is 6.17 Å². The van der Waals surface area contributed by atoms with Gasteiger partial charge in [-0.15, -0.1) is 0 Å². The van der Waals surface area contributed by atoms with Gasteiger partial charge in [0.25, 0.3) is 0 Å². The molecule has 0 aromatic carbocycles. The molecule has 0 nitrogen and oxygen atoms in total. The van der Waals surface area contributed by atoms with E-state index in [1.165, 1.54) is 12.2 Å². The molecule has 0 N–H and O–H groups in total. The summed E-state index contributed by atoms with van der Waals surface area (Å²) in [6.45, 7) is 3.33. The van der Waals surface area contributed by atoms with Crippen molar-refractivity contribution in [2.24, 2.45) is 0 Å². The summed E-state index contributed by atoms with van der Waals surface area (Å²) in [6.07, 6.45) is 2.20. The van der Waals surface area contributed by atoms with E-state index in [-0.39, 0.29) is 5.57 Å². The highest BCUT2D eigenvalue weighted by molar-refractivity contribution is 5.38. The zero-order chi connectivity index (χ0) is 6.85. The van der Waals surface area contributed by atoms with E-state index in [9.17, 15) is 8.78 Å². The van der Waals surface area contributed by atoms with Crippen LogP contribution in [0.15, 0.2) is 36.2 Å². The van der Waals surface area contributed by atoms with Crippen molar-refractivity contribution in [1.82, 2.24) is 0 Å². The standard InChI is InChI=1S/C7H6F2/c1-5-2-3-6(8)4-7(5)9/h2-4,6H,1H2. The second-order valence-corrected chi connectivity index (χ2v) is 1.84. The zero-order valence-electron chi connectivity index (χ0n) is 4.77. The fourth-order valence-electron chi connectivity index (χ4n) is 0.590. The number of hydrogen-bond donors (Lipinski definition) is 0. The molecule has 48 valence electrons. The molecule has 0 aliphatic heterocycles. The van der Waals surface area contributed by atoms with Crippen molar-refractivity contribution in [1.29, 1.82) is 0 Å². The Kier molecular flexibility index (Phi) is 1.47. The first-order valence-corrected chi connectivity index (χ1v) is 2.59. The molecule has 0 aromatic rings. The summed E-state index contributed by atoms with van der Waals surface area (Å²) >= 11 is 0. The van der Waals surface area contributed by atoms with Gasteiger partial charge in [0.1, 0.15) is 12.0 Å². The molecule has 0 radical (unpaired) electrons. The van der Waals surface area contributed by atoms with Crippen LogP contribution in [0.4, 0.5) is 8.78 Å². The molecule has 0 amide bonds. The van der Waals surface area contributed by atoms with Crippen molar-refractivity contribution in [3.05, 3.63) is 36.2 Å². The maximum absolute atomic E-state index is 12.3. The summed E-state index contributed by atoms with van der Waals surface area (Å²) in [5, 5.41) is 0. The first-order chi connectivity index (χ1) is 4.20. The molecule has 0 saturated heterocycles. The minimum atomic E-state index is -1.28. The van der Waals surface area contributed by atoms with E-state index in [2.05, 4.69) is 6.58 Å². The first kappa shape index (κ1) is 6.20. The van der Waals surface area contributed by atoms with Gasteiger partial charge in [-0.3, -0.25) is 0 Å². The van der Waals surface area contributed by atoms with Crippen molar-refractivity contribution in [3.8, 4) is 0 Å². The summed E-state index contributed by atoms with van der Waals surface area (Å²) in [5.41, 5.74) is 0.240. The van der Waals surface area contributed by atoms with E-state index in [1.54, 1.807) is 0 Å². The first-order valence-electron chi connectivity index (χ1n) is 2.59. The Labute approximate surface area is 52.2 Å². The van der Waals surface area contributed by atoms with E-state index < -0.39 is 12.0 Å². The predicted octanol–water partition coefficient (Wildman–Crippen LogP) is 2.30. The molecule has 0 fully saturated rings. The molecule has 1 aliphatic carbocycles. The van der Waals surface area contributed by atoms with Crippen LogP contribution in [-0.2, 0) is 0 Å². The van der Waals surface area contributed by atoms with Crippen LogP contribution in [0.1, 0.15) is 0 Å². The number of halogens is 2. The maximum Gasteiger partial charge on any atom is 0.140 e. The average Bonchev–Trinajstić information content (AvgIpc) is 1.80. The SMILES string of the molecule is C=C1C=CC(F)C=C1F. The summed E-state index contributed by atoms with van der Waals surface area (Å²) in [5.74, 6) is -0.565. The molecular weight excluding hydrogens is 122 g/mol. The Bertz CT molecular complexity index is 189. The lowest BCUT2D eigenvalue weighted by Crippen LogP contribution is -1.96. The molecule has 1 atom stereocenters. The van der Waals surface area contributed by atoms with Gasteiger partial charge in [-0.05, 0) is 12.2 Å². The van der Waals surface area contributed by atoms with Crippen LogP contribution in [0.5, 0.6) is 0 Å². The molecule has 0 heterocycles. The molecule has 0 saturated carbocycles. The third kappa shape index (κ3) is 1.25. The highest BCUT2D eigenvalue weighted by atomic mass is 19.1. The maximum atomic E-state index is 12.3. The van der Waals surface area contributed by atoms with E-state index in [1.807, 2.05) is 0 Å².